The van der Waals surface area contributed by atoms with Crippen LogP contribution in [-0.2, 0) is 14.3 Å². The number of esters is 1. The van der Waals surface area contributed by atoms with Crippen LogP contribution in [0.15, 0.2) is 48.5 Å². The Kier molecular flexibility index (Phi) is 6.17. The molecule has 0 bridgehead atoms. The van der Waals surface area contributed by atoms with Crippen molar-refractivity contribution in [2.75, 3.05) is 25.2 Å². The van der Waals surface area contributed by atoms with Gasteiger partial charge in [-0.25, -0.2) is 4.98 Å². The molecule has 1 aliphatic rings. The molecule has 0 aliphatic carbocycles. The van der Waals surface area contributed by atoms with E-state index in [-0.39, 0.29) is 12.5 Å². The summed E-state index contributed by atoms with van der Waals surface area (Å²) in [7, 11) is 1.61. The van der Waals surface area contributed by atoms with Gasteiger partial charge in [-0.15, -0.1) is 0 Å². The maximum Gasteiger partial charge on any atom is 0.321 e. The minimum absolute atomic E-state index is 0.210. The van der Waals surface area contributed by atoms with Gasteiger partial charge in [-0.3, -0.25) is 14.5 Å². The molecule has 7 heteroatoms. The van der Waals surface area contributed by atoms with E-state index in [9.17, 15) is 9.59 Å². The van der Waals surface area contributed by atoms with E-state index in [1.165, 1.54) is 0 Å². The average molecular weight is 436 g/mol. The van der Waals surface area contributed by atoms with Gasteiger partial charge in [0.25, 0.3) is 0 Å². The highest BCUT2D eigenvalue weighted by molar-refractivity contribution is 6.08. The van der Waals surface area contributed by atoms with Crippen LogP contribution in [0.4, 0.5) is 5.95 Å². The highest BCUT2D eigenvalue weighted by atomic mass is 16.5. The molecule has 3 aromatic rings. The Morgan fingerprint density at radius 3 is 2.50 bits per heavy atom. The lowest BCUT2D eigenvalue weighted by molar-refractivity contribution is -0.153. The first kappa shape index (κ1) is 21.9. The third kappa shape index (κ3) is 3.83. The lowest BCUT2D eigenvalue weighted by Gasteiger charge is -2.38. The fourth-order valence-corrected chi connectivity index (χ4v) is 4.25. The number of rotatable bonds is 7. The van der Waals surface area contributed by atoms with Crippen molar-refractivity contribution in [3.8, 4) is 5.75 Å². The highest BCUT2D eigenvalue weighted by Gasteiger charge is 2.47. The number of ether oxygens (including phenoxy) is 2. The number of benzene rings is 2. The molecule has 1 amide bonds. The largest absolute Gasteiger partial charge is 0.497 e. The molecule has 2 heterocycles. The third-order valence-electron chi connectivity index (χ3n) is 5.87. The summed E-state index contributed by atoms with van der Waals surface area (Å²) in [5.74, 6) is -0.110. The molecule has 32 heavy (non-hydrogen) atoms. The Morgan fingerprint density at radius 2 is 1.84 bits per heavy atom. The summed E-state index contributed by atoms with van der Waals surface area (Å²) in [4.78, 5) is 33.3. The SMILES string of the molecule is CCOC(=O)C1C(=O)N(CCC(C)C)c2nc3ccccc3n2C1c1ccc(OC)cc1. The van der Waals surface area contributed by atoms with Gasteiger partial charge in [-0.1, -0.05) is 38.1 Å². The van der Waals surface area contributed by atoms with E-state index in [0.29, 0.717) is 24.2 Å². The molecule has 1 aliphatic heterocycles. The van der Waals surface area contributed by atoms with Gasteiger partial charge in [0.2, 0.25) is 11.9 Å². The van der Waals surface area contributed by atoms with Crippen molar-refractivity contribution in [1.82, 2.24) is 9.55 Å². The number of nitrogens with zero attached hydrogens (tertiary/aromatic N) is 3. The zero-order valence-electron chi connectivity index (χ0n) is 18.9. The number of amides is 1. The van der Waals surface area contributed by atoms with E-state index in [1.807, 2.05) is 53.1 Å². The van der Waals surface area contributed by atoms with Crippen LogP contribution in [0, 0.1) is 11.8 Å². The first-order valence-electron chi connectivity index (χ1n) is 11.0. The smallest absolute Gasteiger partial charge is 0.321 e. The number of anilines is 1. The lowest BCUT2D eigenvalue weighted by atomic mass is 9.89. The first-order chi connectivity index (χ1) is 15.5. The summed E-state index contributed by atoms with van der Waals surface area (Å²) in [5.41, 5.74) is 2.48. The maximum absolute atomic E-state index is 13.7. The second-order valence-corrected chi connectivity index (χ2v) is 8.39. The molecule has 0 fully saturated rings. The van der Waals surface area contributed by atoms with E-state index in [0.717, 1.165) is 23.0 Å². The molecule has 0 radical (unpaired) electrons. The van der Waals surface area contributed by atoms with Crippen LogP contribution < -0.4 is 9.64 Å². The zero-order valence-corrected chi connectivity index (χ0v) is 18.9. The number of hydrogen-bond acceptors (Lipinski definition) is 5. The maximum atomic E-state index is 13.7. The molecular weight excluding hydrogens is 406 g/mol. The summed E-state index contributed by atoms with van der Waals surface area (Å²) in [5, 5.41) is 0. The van der Waals surface area contributed by atoms with Crippen LogP contribution in [0.2, 0.25) is 0 Å². The number of hydrogen-bond donors (Lipinski definition) is 0. The Bertz CT molecular complexity index is 1120. The predicted molar refractivity (Wildman–Crippen MR) is 123 cm³/mol. The molecular formula is C25H29N3O4. The Hall–Kier alpha value is -3.35. The molecule has 0 saturated carbocycles. The molecule has 2 unspecified atom stereocenters. The van der Waals surface area contributed by atoms with E-state index < -0.39 is 17.9 Å². The minimum Gasteiger partial charge on any atom is -0.497 e. The highest BCUT2D eigenvalue weighted by Crippen LogP contribution is 2.41. The number of fused-ring (bicyclic) bond motifs is 3. The van der Waals surface area contributed by atoms with Crippen molar-refractivity contribution >= 4 is 28.9 Å². The van der Waals surface area contributed by atoms with Gasteiger partial charge in [0, 0.05) is 6.54 Å². The number of carbonyl (C=O) groups is 2. The molecule has 0 N–H and O–H groups in total. The van der Waals surface area contributed by atoms with Gasteiger partial charge < -0.3 is 14.0 Å². The normalized spacial score (nSPS) is 18.2. The van der Waals surface area contributed by atoms with Crippen molar-refractivity contribution in [3.63, 3.8) is 0 Å². The van der Waals surface area contributed by atoms with Crippen LogP contribution >= 0.6 is 0 Å². The van der Waals surface area contributed by atoms with Crippen molar-refractivity contribution in [3.05, 3.63) is 54.1 Å². The topological polar surface area (TPSA) is 73.7 Å². The number of para-hydroxylation sites is 2. The van der Waals surface area contributed by atoms with E-state index >= 15 is 0 Å². The second-order valence-electron chi connectivity index (χ2n) is 8.39. The molecule has 168 valence electrons. The van der Waals surface area contributed by atoms with Crippen LogP contribution in [0.25, 0.3) is 11.0 Å². The van der Waals surface area contributed by atoms with Gasteiger partial charge in [0.05, 0.1) is 30.8 Å². The quantitative estimate of drug-likeness (QED) is 0.411. The Morgan fingerprint density at radius 1 is 1.12 bits per heavy atom. The van der Waals surface area contributed by atoms with Gasteiger partial charge >= 0.3 is 5.97 Å². The predicted octanol–water partition coefficient (Wildman–Crippen LogP) is 4.21. The van der Waals surface area contributed by atoms with Crippen molar-refractivity contribution in [2.45, 2.75) is 33.2 Å². The van der Waals surface area contributed by atoms with Crippen molar-refractivity contribution in [1.29, 1.82) is 0 Å². The summed E-state index contributed by atoms with van der Waals surface area (Å²) in [6.45, 7) is 6.68. The molecule has 0 saturated heterocycles. The van der Waals surface area contributed by atoms with Gasteiger partial charge in [0.1, 0.15) is 5.75 Å². The number of methoxy groups -OCH3 is 1. The average Bonchev–Trinajstić information content (AvgIpc) is 3.17. The summed E-state index contributed by atoms with van der Waals surface area (Å²) in [6.07, 6.45) is 0.803. The number of imidazole rings is 1. The molecule has 7 nitrogen and oxygen atoms in total. The van der Waals surface area contributed by atoms with Gasteiger partial charge in [-0.05, 0) is 49.1 Å². The second kappa shape index (κ2) is 9.02. The summed E-state index contributed by atoms with van der Waals surface area (Å²) < 4.78 is 12.7. The third-order valence-corrected chi connectivity index (χ3v) is 5.87. The Balaban J connectivity index is 1.94. The molecule has 2 atom stereocenters. The summed E-state index contributed by atoms with van der Waals surface area (Å²) in [6, 6.07) is 14.7. The monoisotopic (exact) mass is 435 g/mol. The fraction of sp³-hybridized carbons (Fsp3) is 0.400. The summed E-state index contributed by atoms with van der Waals surface area (Å²) >= 11 is 0. The van der Waals surface area contributed by atoms with Crippen molar-refractivity contribution < 1.29 is 19.1 Å². The van der Waals surface area contributed by atoms with Crippen LogP contribution in [0.5, 0.6) is 5.75 Å². The zero-order chi connectivity index (χ0) is 22.8. The minimum atomic E-state index is -0.999. The molecule has 2 aromatic carbocycles. The molecule has 1 aromatic heterocycles. The van der Waals surface area contributed by atoms with Gasteiger partial charge in [0.15, 0.2) is 5.92 Å². The van der Waals surface area contributed by atoms with E-state index in [4.69, 9.17) is 14.5 Å². The molecule has 4 rings (SSSR count). The lowest BCUT2D eigenvalue weighted by Crippen LogP contribution is -2.50. The van der Waals surface area contributed by atoms with Crippen LogP contribution in [0.3, 0.4) is 0 Å². The van der Waals surface area contributed by atoms with Crippen LogP contribution in [0.1, 0.15) is 38.8 Å². The van der Waals surface area contributed by atoms with Crippen LogP contribution in [-0.4, -0.2) is 41.7 Å². The van der Waals surface area contributed by atoms with E-state index in [1.54, 1.807) is 18.9 Å². The standard InChI is InChI=1S/C25H29N3O4/c1-5-32-24(30)21-22(17-10-12-18(31-4)13-11-17)28-20-9-7-6-8-19(20)26-25(28)27(23(21)29)15-14-16(2)3/h6-13,16,21-22H,5,14-15H2,1-4H3. The number of carbonyl (C=O) groups excluding carboxylic acids is 2. The van der Waals surface area contributed by atoms with Gasteiger partial charge in [-0.2, -0.15) is 0 Å². The van der Waals surface area contributed by atoms with E-state index in [2.05, 4.69) is 13.8 Å². The number of aromatic nitrogens is 2. The molecule has 0 spiro atoms. The van der Waals surface area contributed by atoms with Crippen molar-refractivity contribution in [2.24, 2.45) is 11.8 Å². The first-order valence-corrected chi connectivity index (χ1v) is 11.0. The fourth-order valence-electron chi connectivity index (χ4n) is 4.25. The Labute approximate surface area is 187 Å².